The molecule has 0 aliphatic carbocycles. The van der Waals surface area contributed by atoms with Gasteiger partial charge in [-0.25, -0.2) is 13.6 Å². The number of carbonyl (C=O) groups is 1. The first-order valence-corrected chi connectivity index (χ1v) is 5.09. The second kappa shape index (κ2) is 6.59. The zero-order chi connectivity index (χ0) is 14.4. The Bertz CT molecular complexity index is 495. The molecule has 0 heterocycles. The smallest absolute Gasteiger partial charge is 0.329 e. The normalized spacial score (nSPS) is 10.2. The Labute approximate surface area is 105 Å². The van der Waals surface area contributed by atoms with Crippen LogP contribution in [-0.2, 0) is 9.53 Å². The minimum Gasteiger partial charge on any atom is -0.480 e. The van der Waals surface area contributed by atoms with Gasteiger partial charge in [0.2, 0.25) is 0 Å². The summed E-state index contributed by atoms with van der Waals surface area (Å²) in [6.45, 7) is -0.774. The van der Waals surface area contributed by atoms with Crippen LogP contribution in [0.5, 0.6) is 0 Å². The van der Waals surface area contributed by atoms with Crippen LogP contribution in [0.1, 0.15) is 0 Å². The molecule has 0 aliphatic rings. The number of nitro groups is 1. The summed E-state index contributed by atoms with van der Waals surface area (Å²) in [5.41, 5.74) is -1.21. The summed E-state index contributed by atoms with van der Waals surface area (Å²) in [4.78, 5) is 19.9. The van der Waals surface area contributed by atoms with Gasteiger partial charge in [0.1, 0.15) is 6.61 Å². The zero-order valence-corrected chi connectivity index (χ0v) is 9.56. The summed E-state index contributed by atoms with van der Waals surface area (Å²) < 4.78 is 31.0. The van der Waals surface area contributed by atoms with E-state index in [0.29, 0.717) is 6.07 Å². The van der Waals surface area contributed by atoms with Crippen molar-refractivity contribution in [2.75, 3.05) is 25.1 Å². The maximum absolute atomic E-state index is 13.4. The SMILES string of the molecule is O=C(O)COCCNc1c([N+](=O)[O-])ccc(F)c1F. The molecule has 0 bridgehead atoms. The summed E-state index contributed by atoms with van der Waals surface area (Å²) in [6.07, 6.45) is 0. The van der Waals surface area contributed by atoms with Crippen molar-refractivity contribution < 1.29 is 28.3 Å². The number of rotatable bonds is 7. The van der Waals surface area contributed by atoms with E-state index in [1.54, 1.807) is 0 Å². The van der Waals surface area contributed by atoms with Gasteiger partial charge in [0.05, 0.1) is 11.5 Å². The van der Waals surface area contributed by atoms with Crippen molar-refractivity contribution in [2.45, 2.75) is 0 Å². The highest BCUT2D eigenvalue weighted by molar-refractivity contribution is 5.68. The van der Waals surface area contributed by atoms with Crippen molar-refractivity contribution in [3.8, 4) is 0 Å². The van der Waals surface area contributed by atoms with Crippen molar-refractivity contribution in [2.24, 2.45) is 0 Å². The standard InChI is InChI=1S/C10H10F2N2O5/c11-6-1-2-7(14(17)18)10(9(6)12)13-3-4-19-5-8(15)16/h1-2,13H,3-5H2,(H,15,16). The molecule has 1 rings (SSSR count). The summed E-state index contributed by atoms with van der Waals surface area (Å²) in [5.74, 6) is -3.77. The van der Waals surface area contributed by atoms with Crippen molar-refractivity contribution in [1.82, 2.24) is 0 Å². The lowest BCUT2D eigenvalue weighted by Gasteiger charge is -2.08. The van der Waals surface area contributed by atoms with E-state index in [4.69, 9.17) is 5.11 Å². The van der Waals surface area contributed by atoms with Crippen LogP contribution >= 0.6 is 0 Å². The van der Waals surface area contributed by atoms with Gasteiger partial charge in [-0.1, -0.05) is 0 Å². The lowest BCUT2D eigenvalue weighted by atomic mass is 10.2. The Hall–Kier alpha value is -2.29. The molecule has 0 amide bonds. The number of hydrogen-bond acceptors (Lipinski definition) is 5. The molecular formula is C10H10F2N2O5. The number of ether oxygens (including phenoxy) is 1. The molecule has 104 valence electrons. The van der Waals surface area contributed by atoms with E-state index in [2.05, 4.69) is 10.1 Å². The molecule has 0 aliphatic heterocycles. The molecule has 0 spiro atoms. The van der Waals surface area contributed by atoms with E-state index in [9.17, 15) is 23.7 Å². The highest BCUT2D eigenvalue weighted by Crippen LogP contribution is 2.28. The van der Waals surface area contributed by atoms with Gasteiger partial charge in [-0.2, -0.15) is 0 Å². The Morgan fingerprint density at radius 2 is 2.16 bits per heavy atom. The van der Waals surface area contributed by atoms with E-state index in [1.165, 1.54) is 0 Å². The van der Waals surface area contributed by atoms with Gasteiger partial charge in [-0.05, 0) is 6.07 Å². The summed E-state index contributed by atoms with van der Waals surface area (Å²) in [6, 6.07) is 1.48. The number of nitrogens with one attached hydrogen (secondary N) is 1. The van der Waals surface area contributed by atoms with Gasteiger partial charge < -0.3 is 15.2 Å². The molecule has 0 atom stereocenters. The fourth-order valence-corrected chi connectivity index (χ4v) is 1.27. The predicted octanol–water partition coefficient (Wildman–Crippen LogP) is 1.39. The van der Waals surface area contributed by atoms with Crippen LogP contribution in [0.3, 0.4) is 0 Å². The van der Waals surface area contributed by atoms with Gasteiger partial charge in [-0.15, -0.1) is 0 Å². The Kier molecular flexibility index (Phi) is 5.12. The Morgan fingerprint density at radius 1 is 1.47 bits per heavy atom. The molecule has 0 fully saturated rings. The third-order valence-corrected chi connectivity index (χ3v) is 2.04. The minimum atomic E-state index is -1.37. The minimum absolute atomic E-state index is 0.103. The third kappa shape index (κ3) is 4.14. The average molecular weight is 276 g/mol. The van der Waals surface area contributed by atoms with Crippen LogP contribution in [0, 0.1) is 21.7 Å². The topological polar surface area (TPSA) is 102 Å². The number of anilines is 1. The van der Waals surface area contributed by atoms with E-state index in [0.717, 1.165) is 6.07 Å². The van der Waals surface area contributed by atoms with Crippen LogP contribution in [0.4, 0.5) is 20.2 Å². The zero-order valence-electron chi connectivity index (χ0n) is 9.56. The third-order valence-electron chi connectivity index (χ3n) is 2.04. The van der Waals surface area contributed by atoms with Crippen molar-refractivity contribution >= 4 is 17.3 Å². The van der Waals surface area contributed by atoms with Crippen molar-refractivity contribution in [3.05, 3.63) is 33.9 Å². The van der Waals surface area contributed by atoms with Crippen molar-refractivity contribution in [1.29, 1.82) is 0 Å². The molecule has 0 aromatic heterocycles. The molecule has 19 heavy (non-hydrogen) atoms. The quantitative estimate of drug-likeness (QED) is 0.443. The van der Waals surface area contributed by atoms with Gasteiger partial charge >= 0.3 is 5.97 Å². The molecule has 2 N–H and O–H groups in total. The van der Waals surface area contributed by atoms with E-state index in [1.807, 2.05) is 0 Å². The first kappa shape index (κ1) is 14.8. The number of carboxylic acid groups (broad SMARTS) is 1. The van der Waals surface area contributed by atoms with Gasteiger partial charge in [0, 0.05) is 12.6 Å². The number of carboxylic acids is 1. The molecule has 0 radical (unpaired) electrons. The second-order valence-corrected chi connectivity index (χ2v) is 3.39. The number of benzene rings is 1. The van der Waals surface area contributed by atoms with Crippen LogP contribution in [0.15, 0.2) is 12.1 Å². The second-order valence-electron chi connectivity index (χ2n) is 3.39. The number of hydrogen-bond donors (Lipinski definition) is 2. The summed E-state index contributed by atoms with van der Waals surface area (Å²) in [5, 5.41) is 21.2. The van der Waals surface area contributed by atoms with E-state index >= 15 is 0 Å². The number of aliphatic carboxylic acids is 1. The maximum atomic E-state index is 13.4. The number of nitro benzene ring substituents is 1. The van der Waals surface area contributed by atoms with E-state index < -0.39 is 40.5 Å². The van der Waals surface area contributed by atoms with Crippen LogP contribution < -0.4 is 5.32 Å². The largest absolute Gasteiger partial charge is 0.480 e. The maximum Gasteiger partial charge on any atom is 0.329 e. The number of nitrogens with zero attached hydrogens (tertiary/aromatic N) is 1. The molecule has 0 saturated heterocycles. The molecule has 1 aromatic carbocycles. The van der Waals surface area contributed by atoms with Gasteiger partial charge in [0.25, 0.3) is 5.69 Å². The fourth-order valence-electron chi connectivity index (χ4n) is 1.27. The first-order chi connectivity index (χ1) is 8.93. The molecule has 7 nitrogen and oxygen atoms in total. The van der Waals surface area contributed by atoms with Crippen LogP contribution in [-0.4, -0.2) is 35.8 Å². The molecule has 0 saturated carbocycles. The molecule has 1 aromatic rings. The Balaban J connectivity index is 2.68. The lowest BCUT2D eigenvalue weighted by Crippen LogP contribution is -2.15. The van der Waals surface area contributed by atoms with Crippen molar-refractivity contribution in [3.63, 3.8) is 0 Å². The molecule has 9 heteroatoms. The highest BCUT2D eigenvalue weighted by Gasteiger charge is 2.21. The average Bonchev–Trinajstić information content (AvgIpc) is 2.33. The lowest BCUT2D eigenvalue weighted by molar-refractivity contribution is -0.384. The summed E-state index contributed by atoms with van der Waals surface area (Å²) >= 11 is 0. The Morgan fingerprint density at radius 3 is 2.74 bits per heavy atom. The molecular weight excluding hydrogens is 266 g/mol. The first-order valence-electron chi connectivity index (χ1n) is 5.09. The monoisotopic (exact) mass is 276 g/mol. The highest BCUT2D eigenvalue weighted by atomic mass is 19.2. The van der Waals surface area contributed by atoms with Crippen LogP contribution in [0.25, 0.3) is 0 Å². The van der Waals surface area contributed by atoms with E-state index in [-0.39, 0.29) is 13.2 Å². The van der Waals surface area contributed by atoms with Gasteiger partial charge in [-0.3, -0.25) is 10.1 Å². The summed E-state index contributed by atoms with van der Waals surface area (Å²) in [7, 11) is 0. The number of halogens is 2. The predicted molar refractivity (Wildman–Crippen MR) is 60.0 cm³/mol. The molecule has 0 unspecified atom stereocenters. The fraction of sp³-hybridized carbons (Fsp3) is 0.300. The van der Waals surface area contributed by atoms with Gasteiger partial charge in [0.15, 0.2) is 17.3 Å². The van der Waals surface area contributed by atoms with Crippen LogP contribution in [0.2, 0.25) is 0 Å².